The van der Waals surface area contributed by atoms with E-state index in [1.807, 2.05) is 0 Å². The molecule has 1 aliphatic heterocycles. The van der Waals surface area contributed by atoms with Gasteiger partial charge in [-0.25, -0.2) is 14.3 Å². The van der Waals surface area contributed by atoms with E-state index < -0.39 is 47.1 Å². The smallest absolute Gasteiger partial charge is 0.409 e. The number of aliphatic carboxylic acids is 1. The number of piperazine rings is 1. The van der Waals surface area contributed by atoms with Crippen molar-refractivity contribution in [3.63, 3.8) is 0 Å². The number of aromatic nitrogens is 2. The molecule has 3 rings (SSSR count). The Morgan fingerprint density at radius 1 is 0.977 bits per heavy atom. The quantitative estimate of drug-likeness (QED) is 0.358. The molecule has 1 saturated heterocycles. The zero-order valence-electron chi connectivity index (χ0n) is 26.0. The van der Waals surface area contributed by atoms with Crippen LogP contribution in [0.3, 0.4) is 0 Å². The number of carboxylic acids is 1. The Hall–Kier alpha value is -4.62. The van der Waals surface area contributed by atoms with Crippen LogP contribution in [0.2, 0.25) is 0 Å². The fourth-order valence-electron chi connectivity index (χ4n) is 4.30. The van der Waals surface area contributed by atoms with Crippen molar-refractivity contribution in [1.29, 1.82) is 0 Å². The Labute approximate surface area is 256 Å². The van der Waals surface area contributed by atoms with Crippen LogP contribution in [-0.4, -0.2) is 105 Å². The maximum Gasteiger partial charge on any atom is 0.409 e. The lowest BCUT2D eigenvalue weighted by Gasteiger charge is -2.36. The largest absolute Gasteiger partial charge is 0.478 e. The van der Waals surface area contributed by atoms with E-state index in [1.165, 1.54) is 34.4 Å². The summed E-state index contributed by atoms with van der Waals surface area (Å²) < 4.78 is 17.5. The molecular formula is C30H41N5O9. The lowest BCUT2D eigenvalue weighted by atomic mass is 10.1. The van der Waals surface area contributed by atoms with Gasteiger partial charge in [0.15, 0.2) is 5.69 Å². The van der Waals surface area contributed by atoms with E-state index in [2.05, 4.69) is 10.4 Å². The fourth-order valence-corrected chi connectivity index (χ4v) is 4.30. The lowest BCUT2D eigenvalue weighted by Crippen LogP contribution is -2.56. The number of esters is 1. The molecule has 1 aliphatic rings. The lowest BCUT2D eigenvalue weighted by molar-refractivity contribution is -0.155. The van der Waals surface area contributed by atoms with Crippen LogP contribution in [0.15, 0.2) is 36.4 Å². The zero-order valence-corrected chi connectivity index (χ0v) is 26.0. The molecule has 240 valence electrons. The third-order valence-corrected chi connectivity index (χ3v) is 6.56. The number of rotatable bonds is 11. The number of amides is 3. The Balaban J connectivity index is 1.85. The summed E-state index contributed by atoms with van der Waals surface area (Å²) in [5.41, 5.74) is -1.99. The molecule has 0 saturated carbocycles. The minimum absolute atomic E-state index is 0.000434. The summed E-state index contributed by atoms with van der Waals surface area (Å²) in [6.07, 6.45) is -0.657. The summed E-state index contributed by atoms with van der Waals surface area (Å²) in [6, 6.07) is 8.87. The molecule has 0 aliphatic carbocycles. The average molecular weight is 616 g/mol. The van der Waals surface area contributed by atoms with Gasteiger partial charge in [0.25, 0.3) is 5.91 Å². The summed E-state index contributed by atoms with van der Waals surface area (Å²) >= 11 is 0. The molecule has 14 heteroatoms. The molecule has 2 N–H and O–H groups in total. The molecule has 0 spiro atoms. The van der Waals surface area contributed by atoms with Crippen LogP contribution in [0.4, 0.5) is 4.79 Å². The number of ether oxygens (including phenoxy) is 3. The van der Waals surface area contributed by atoms with E-state index in [-0.39, 0.29) is 57.2 Å². The molecule has 2 aromatic rings. The van der Waals surface area contributed by atoms with Gasteiger partial charge in [-0.15, -0.1) is 0 Å². The number of nitrogens with one attached hydrogen (secondary N) is 1. The molecule has 0 radical (unpaired) electrons. The predicted octanol–water partition coefficient (Wildman–Crippen LogP) is 2.64. The van der Waals surface area contributed by atoms with Crippen molar-refractivity contribution in [1.82, 2.24) is 24.9 Å². The number of para-hydroxylation sites is 1. The minimum atomic E-state index is -1.64. The molecule has 1 aromatic heterocycles. The summed E-state index contributed by atoms with van der Waals surface area (Å²) in [4.78, 5) is 66.5. The monoisotopic (exact) mass is 615 g/mol. The predicted molar refractivity (Wildman–Crippen MR) is 157 cm³/mol. The molecule has 1 fully saturated rings. The van der Waals surface area contributed by atoms with Gasteiger partial charge in [-0.1, -0.05) is 18.2 Å². The van der Waals surface area contributed by atoms with Gasteiger partial charge in [0.2, 0.25) is 17.4 Å². The van der Waals surface area contributed by atoms with Crippen LogP contribution in [0.1, 0.15) is 64.9 Å². The van der Waals surface area contributed by atoms with Crippen LogP contribution in [0.5, 0.6) is 5.88 Å². The molecule has 2 heterocycles. The summed E-state index contributed by atoms with van der Waals surface area (Å²) in [5.74, 6) is -2.92. The van der Waals surface area contributed by atoms with Crippen molar-refractivity contribution in [2.24, 2.45) is 0 Å². The first-order valence-electron chi connectivity index (χ1n) is 14.4. The highest BCUT2D eigenvalue weighted by atomic mass is 16.6. The second kappa shape index (κ2) is 14.2. The first-order chi connectivity index (χ1) is 20.6. The highest BCUT2D eigenvalue weighted by Gasteiger charge is 2.34. The third kappa shape index (κ3) is 9.19. The highest BCUT2D eigenvalue weighted by molar-refractivity contribution is 5.96. The van der Waals surface area contributed by atoms with Gasteiger partial charge in [-0.2, -0.15) is 5.10 Å². The van der Waals surface area contributed by atoms with E-state index in [0.717, 1.165) is 0 Å². The van der Waals surface area contributed by atoms with Crippen LogP contribution in [0, 0.1) is 0 Å². The van der Waals surface area contributed by atoms with Gasteiger partial charge in [-0.05, 0) is 60.1 Å². The molecule has 1 unspecified atom stereocenters. The third-order valence-electron chi connectivity index (χ3n) is 6.56. The topological polar surface area (TPSA) is 170 Å². The molecule has 1 aromatic carbocycles. The van der Waals surface area contributed by atoms with Crippen molar-refractivity contribution in [3.05, 3.63) is 42.1 Å². The number of hydrogen-bond acceptors (Lipinski definition) is 9. The van der Waals surface area contributed by atoms with E-state index in [1.54, 1.807) is 58.0 Å². The molecule has 44 heavy (non-hydrogen) atoms. The molecule has 1 atom stereocenters. The number of nitrogens with zero attached hydrogens (tertiary/aromatic N) is 4. The van der Waals surface area contributed by atoms with E-state index in [0.29, 0.717) is 5.69 Å². The van der Waals surface area contributed by atoms with Gasteiger partial charge in [0.05, 0.1) is 12.3 Å². The van der Waals surface area contributed by atoms with Gasteiger partial charge < -0.3 is 34.4 Å². The summed E-state index contributed by atoms with van der Waals surface area (Å²) in [7, 11) is 0. The second-order valence-corrected chi connectivity index (χ2v) is 11.7. The fraction of sp³-hybridized carbons (Fsp3) is 0.533. The summed E-state index contributed by atoms with van der Waals surface area (Å²) in [5, 5.41) is 16.6. The molecule has 0 bridgehead atoms. The van der Waals surface area contributed by atoms with E-state index in [4.69, 9.17) is 14.2 Å². The van der Waals surface area contributed by atoms with Crippen molar-refractivity contribution in [2.75, 3.05) is 32.8 Å². The number of carbonyl (C=O) groups excluding carboxylic acids is 4. The van der Waals surface area contributed by atoms with Crippen LogP contribution in [0.25, 0.3) is 5.69 Å². The normalized spacial score (nSPS) is 14.4. The standard InChI is InChI=1S/C30H41N5O9/c1-7-42-28(41)34-17-15-33(16-18-34)26(38)21(13-14-24(36)44-29(2,3)4)31-25(37)22-19-23(43-30(5,6)27(39)40)35(32-22)20-11-9-8-10-12-20/h8-12,19,21H,7,13-18H2,1-6H3,(H,31,37)(H,39,40). The van der Waals surface area contributed by atoms with Crippen LogP contribution >= 0.6 is 0 Å². The Bertz CT molecular complexity index is 1340. The maximum absolute atomic E-state index is 13.6. The van der Waals surface area contributed by atoms with Crippen molar-refractivity contribution < 1.29 is 43.3 Å². The first-order valence-corrected chi connectivity index (χ1v) is 14.4. The second-order valence-electron chi connectivity index (χ2n) is 11.7. The van der Waals surface area contributed by atoms with Crippen molar-refractivity contribution >= 4 is 29.8 Å². The van der Waals surface area contributed by atoms with Gasteiger partial charge >= 0.3 is 18.0 Å². The number of carbonyl (C=O) groups is 5. The Morgan fingerprint density at radius 2 is 1.59 bits per heavy atom. The van der Waals surface area contributed by atoms with Gasteiger partial charge in [0.1, 0.15) is 11.6 Å². The SMILES string of the molecule is CCOC(=O)N1CCN(C(=O)C(CCC(=O)OC(C)(C)C)NC(=O)c2cc(OC(C)(C)C(=O)O)n(-c3ccccc3)n2)CC1. The maximum atomic E-state index is 13.6. The Morgan fingerprint density at radius 3 is 2.16 bits per heavy atom. The van der Waals surface area contributed by atoms with Gasteiger partial charge in [0, 0.05) is 38.7 Å². The van der Waals surface area contributed by atoms with E-state index in [9.17, 15) is 29.1 Å². The van der Waals surface area contributed by atoms with Crippen LogP contribution < -0.4 is 10.1 Å². The van der Waals surface area contributed by atoms with E-state index >= 15 is 0 Å². The van der Waals surface area contributed by atoms with Crippen molar-refractivity contribution in [3.8, 4) is 11.6 Å². The average Bonchev–Trinajstić information content (AvgIpc) is 3.37. The number of carboxylic acid groups (broad SMARTS) is 1. The summed E-state index contributed by atoms with van der Waals surface area (Å²) in [6.45, 7) is 10.8. The first kappa shape index (κ1) is 33.9. The van der Waals surface area contributed by atoms with Crippen molar-refractivity contribution in [2.45, 2.75) is 71.6 Å². The number of benzene rings is 1. The van der Waals surface area contributed by atoms with Crippen LogP contribution in [-0.2, 0) is 23.9 Å². The molecule has 3 amide bonds. The Kier molecular flexibility index (Phi) is 11.0. The number of hydrogen-bond donors (Lipinski definition) is 2. The molecular weight excluding hydrogens is 574 g/mol. The minimum Gasteiger partial charge on any atom is -0.478 e. The molecule has 14 nitrogen and oxygen atoms in total. The highest BCUT2D eigenvalue weighted by Crippen LogP contribution is 2.24. The zero-order chi connectivity index (χ0) is 32.7. The van der Waals surface area contributed by atoms with Gasteiger partial charge in [-0.3, -0.25) is 14.4 Å².